The number of nitrogens with zero attached hydrogens (tertiary/aromatic N) is 5. The zero-order valence-corrected chi connectivity index (χ0v) is 18.0. The van der Waals surface area contributed by atoms with Gasteiger partial charge in [-0.1, -0.05) is 17.3 Å². The molecule has 2 amide bonds. The fourth-order valence-corrected chi connectivity index (χ4v) is 3.97. The zero-order valence-electron chi connectivity index (χ0n) is 18.0. The highest BCUT2D eigenvalue weighted by Gasteiger charge is 2.28. The molecule has 0 aliphatic carbocycles. The Balaban J connectivity index is 1.44. The van der Waals surface area contributed by atoms with Gasteiger partial charge in [-0.05, 0) is 49.9 Å². The molecule has 8 nitrogen and oxygen atoms in total. The largest absolute Gasteiger partial charge is 0.363 e. The van der Waals surface area contributed by atoms with E-state index in [1.54, 1.807) is 6.07 Å². The molecule has 1 aliphatic rings. The Morgan fingerprint density at radius 1 is 1.06 bits per heavy atom. The van der Waals surface area contributed by atoms with Gasteiger partial charge in [-0.25, -0.2) is 4.79 Å². The summed E-state index contributed by atoms with van der Waals surface area (Å²) in [5, 5.41) is 6.53. The number of carbonyl (C=O) groups excluding carboxylic acids is 1. The second-order valence-corrected chi connectivity index (χ2v) is 7.97. The molecule has 0 radical (unpaired) electrons. The van der Waals surface area contributed by atoms with Crippen LogP contribution in [0.3, 0.4) is 0 Å². The highest BCUT2D eigenvalue weighted by atomic mass is 16.5. The summed E-state index contributed by atoms with van der Waals surface area (Å²) in [6, 6.07) is 9.98. The summed E-state index contributed by atoms with van der Waals surface area (Å²) in [4.78, 5) is 26.0. The number of nitrogens with one attached hydrogen (secondary N) is 1. The van der Waals surface area contributed by atoms with E-state index in [1.807, 2.05) is 29.4 Å². The molecule has 0 unspecified atom stereocenters. The Morgan fingerprint density at radius 2 is 1.68 bits per heavy atom. The third kappa shape index (κ3) is 5.27. The van der Waals surface area contributed by atoms with E-state index < -0.39 is 0 Å². The average molecular weight is 421 g/mol. The molecule has 4 heterocycles. The van der Waals surface area contributed by atoms with Gasteiger partial charge >= 0.3 is 6.03 Å². The van der Waals surface area contributed by atoms with Crippen LogP contribution in [-0.2, 0) is 13.1 Å². The Morgan fingerprint density at radius 3 is 2.19 bits per heavy atom. The highest BCUT2D eigenvalue weighted by Crippen LogP contribution is 2.23. The number of aromatic nitrogens is 3. The SMILES string of the molecule is Cc1cccnc1CN(Cc1ncccc1C)C1CCN(C(=O)Nc2ccon2)CC1. The third-order valence-corrected chi connectivity index (χ3v) is 5.88. The van der Waals surface area contributed by atoms with Crippen LogP contribution in [0.2, 0.25) is 0 Å². The van der Waals surface area contributed by atoms with Crippen LogP contribution in [0.4, 0.5) is 10.6 Å². The summed E-state index contributed by atoms with van der Waals surface area (Å²) in [6.45, 7) is 7.10. The minimum atomic E-state index is -0.139. The molecule has 4 rings (SSSR count). The second kappa shape index (κ2) is 9.70. The van der Waals surface area contributed by atoms with E-state index in [9.17, 15) is 4.79 Å². The predicted octanol–water partition coefficient (Wildman–Crippen LogP) is 3.78. The van der Waals surface area contributed by atoms with Gasteiger partial charge in [0.1, 0.15) is 6.26 Å². The molecule has 0 aromatic carbocycles. The Kier molecular flexibility index (Phi) is 6.57. The van der Waals surface area contributed by atoms with Crippen LogP contribution in [0.15, 0.2) is 53.5 Å². The van der Waals surface area contributed by atoms with Gasteiger partial charge in [-0.15, -0.1) is 0 Å². The highest BCUT2D eigenvalue weighted by molar-refractivity contribution is 5.88. The quantitative estimate of drug-likeness (QED) is 0.653. The number of amides is 2. The molecule has 0 atom stereocenters. The smallest absolute Gasteiger partial charge is 0.323 e. The third-order valence-electron chi connectivity index (χ3n) is 5.88. The number of likely N-dealkylation sites (tertiary alicyclic amines) is 1. The first kappa shape index (κ1) is 21.0. The minimum absolute atomic E-state index is 0.139. The van der Waals surface area contributed by atoms with Gasteiger partial charge < -0.3 is 9.42 Å². The molecule has 3 aromatic rings. The second-order valence-electron chi connectivity index (χ2n) is 7.97. The van der Waals surface area contributed by atoms with Crippen molar-refractivity contribution in [1.82, 2.24) is 24.9 Å². The molecule has 0 spiro atoms. The van der Waals surface area contributed by atoms with E-state index in [2.05, 4.69) is 51.3 Å². The molecule has 1 saturated heterocycles. The van der Waals surface area contributed by atoms with Crippen molar-refractivity contribution < 1.29 is 9.32 Å². The van der Waals surface area contributed by atoms with Crippen molar-refractivity contribution in [2.45, 2.75) is 45.8 Å². The summed E-state index contributed by atoms with van der Waals surface area (Å²) in [5.74, 6) is 0.435. The number of piperidine rings is 1. The molecule has 1 N–H and O–H groups in total. The van der Waals surface area contributed by atoms with Gasteiger partial charge in [0.25, 0.3) is 0 Å². The van der Waals surface area contributed by atoms with E-state index in [4.69, 9.17) is 4.52 Å². The minimum Gasteiger partial charge on any atom is -0.363 e. The van der Waals surface area contributed by atoms with Crippen molar-refractivity contribution in [1.29, 1.82) is 0 Å². The first-order chi connectivity index (χ1) is 15.1. The molecular formula is C23H28N6O2. The molecule has 3 aromatic heterocycles. The predicted molar refractivity (Wildman–Crippen MR) is 117 cm³/mol. The molecule has 31 heavy (non-hydrogen) atoms. The summed E-state index contributed by atoms with van der Waals surface area (Å²) >= 11 is 0. The zero-order chi connectivity index (χ0) is 21.6. The molecule has 0 saturated carbocycles. The van der Waals surface area contributed by atoms with Crippen molar-refractivity contribution in [3.8, 4) is 0 Å². The van der Waals surface area contributed by atoms with Crippen LogP contribution < -0.4 is 5.32 Å². The summed E-state index contributed by atoms with van der Waals surface area (Å²) in [6.07, 6.45) is 6.93. The van der Waals surface area contributed by atoms with Gasteiger partial charge in [0.15, 0.2) is 5.82 Å². The maximum Gasteiger partial charge on any atom is 0.323 e. The maximum atomic E-state index is 12.5. The Bertz CT molecular complexity index is 951. The lowest BCUT2D eigenvalue weighted by atomic mass is 10.0. The average Bonchev–Trinajstić information content (AvgIpc) is 3.29. The van der Waals surface area contributed by atoms with Crippen LogP contribution in [0.5, 0.6) is 0 Å². The number of anilines is 1. The van der Waals surface area contributed by atoms with Gasteiger partial charge in [0.05, 0.1) is 11.4 Å². The van der Waals surface area contributed by atoms with E-state index in [1.165, 1.54) is 17.4 Å². The monoisotopic (exact) mass is 420 g/mol. The Hall–Kier alpha value is -3.26. The van der Waals surface area contributed by atoms with Gasteiger partial charge in [-0.2, -0.15) is 0 Å². The summed E-state index contributed by atoms with van der Waals surface area (Å²) < 4.78 is 4.78. The number of rotatable bonds is 6. The lowest BCUT2D eigenvalue weighted by Gasteiger charge is -2.38. The Labute approximate surface area is 182 Å². The molecular weight excluding hydrogens is 392 g/mol. The van der Waals surface area contributed by atoms with Crippen LogP contribution in [0.25, 0.3) is 0 Å². The number of pyridine rings is 2. The normalized spacial score (nSPS) is 14.7. The number of hydrogen-bond donors (Lipinski definition) is 1. The first-order valence-corrected chi connectivity index (χ1v) is 10.6. The fraction of sp³-hybridized carbons (Fsp3) is 0.391. The van der Waals surface area contributed by atoms with E-state index in [0.29, 0.717) is 24.9 Å². The maximum absolute atomic E-state index is 12.5. The van der Waals surface area contributed by atoms with Crippen LogP contribution in [0, 0.1) is 13.8 Å². The van der Waals surface area contributed by atoms with Gasteiger partial charge in [0, 0.05) is 50.7 Å². The van der Waals surface area contributed by atoms with Crippen LogP contribution in [-0.4, -0.2) is 50.1 Å². The first-order valence-electron chi connectivity index (χ1n) is 10.6. The van der Waals surface area contributed by atoms with Gasteiger partial charge in [0.2, 0.25) is 0 Å². The molecule has 8 heteroatoms. The van der Waals surface area contributed by atoms with Crippen molar-refractivity contribution in [2.24, 2.45) is 0 Å². The topological polar surface area (TPSA) is 87.4 Å². The molecule has 0 bridgehead atoms. The molecule has 1 fully saturated rings. The summed E-state index contributed by atoms with van der Waals surface area (Å²) in [5.41, 5.74) is 4.55. The lowest BCUT2D eigenvalue weighted by molar-refractivity contribution is 0.107. The van der Waals surface area contributed by atoms with Crippen LogP contribution >= 0.6 is 0 Å². The van der Waals surface area contributed by atoms with Crippen molar-refractivity contribution in [3.63, 3.8) is 0 Å². The van der Waals surface area contributed by atoms with Crippen molar-refractivity contribution >= 4 is 11.8 Å². The number of urea groups is 1. The van der Waals surface area contributed by atoms with Crippen molar-refractivity contribution in [3.05, 3.63) is 71.5 Å². The molecule has 162 valence electrons. The fourth-order valence-electron chi connectivity index (χ4n) is 3.97. The number of aryl methyl sites for hydroxylation is 2. The summed E-state index contributed by atoms with van der Waals surface area (Å²) in [7, 11) is 0. The van der Waals surface area contributed by atoms with E-state index >= 15 is 0 Å². The lowest BCUT2D eigenvalue weighted by Crippen LogP contribution is -2.47. The standard InChI is InChI=1S/C23H28N6O2/c1-17-5-3-10-24-20(17)15-29(16-21-18(2)6-4-11-25-21)19-7-12-28(13-8-19)23(30)26-22-9-14-31-27-22/h3-6,9-11,14,19H,7-8,12-13,15-16H2,1-2H3,(H,26,27,30). The van der Waals surface area contributed by atoms with Gasteiger partial charge in [-0.3, -0.25) is 20.2 Å². The van der Waals surface area contributed by atoms with E-state index in [0.717, 1.165) is 37.3 Å². The number of hydrogen-bond acceptors (Lipinski definition) is 6. The van der Waals surface area contributed by atoms with Crippen LogP contribution in [0.1, 0.15) is 35.4 Å². The molecule has 1 aliphatic heterocycles. The van der Waals surface area contributed by atoms with Crippen molar-refractivity contribution in [2.75, 3.05) is 18.4 Å². The number of carbonyl (C=O) groups is 1. The van der Waals surface area contributed by atoms with E-state index in [-0.39, 0.29) is 6.03 Å².